The first kappa shape index (κ1) is 26.2. The lowest BCUT2D eigenvalue weighted by molar-refractivity contribution is 0.0769. The molecule has 0 bridgehead atoms. The van der Waals surface area contributed by atoms with Crippen molar-refractivity contribution in [2.24, 2.45) is 0 Å². The van der Waals surface area contributed by atoms with Gasteiger partial charge in [0.1, 0.15) is 11.4 Å². The standard InChI is InChI=1S/C27H31FN6O3/c1-27(2,28)13-12-18(25-33-34-26(29)37-25)15-23(35)21(14-17-8-4-3-5-9-17)32-24(36)22-16-30-19-10-6-7-11-20(19)31-22/h3-11,16,18,21,23,35H,12-15H2,1-2H3,(H2,29,34)(H,32,36). The molecule has 1 amide bonds. The predicted molar refractivity (Wildman–Crippen MR) is 137 cm³/mol. The minimum absolute atomic E-state index is 0.0991. The first-order chi connectivity index (χ1) is 17.7. The van der Waals surface area contributed by atoms with Gasteiger partial charge in [-0.25, -0.2) is 9.37 Å². The number of para-hydroxylation sites is 2. The highest BCUT2D eigenvalue weighted by Gasteiger charge is 2.30. The topological polar surface area (TPSA) is 140 Å². The van der Waals surface area contributed by atoms with Crippen LogP contribution in [0.3, 0.4) is 0 Å². The number of nitrogens with zero attached hydrogens (tertiary/aromatic N) is 4. The summed E-state index contributed by atoms with van der Waals surface area (Å²) >= 11 is 0. The summed E-state index contributed by atoms with van der Waals surface area (Å²) in [6.07, 6.45) is 1.48. The summed E-state index contributed by atoms with van der Waals surface area (Å²) in [6.45, 7) is 2.98. The number of amides is 1. The van der Waals surface area contributed by atoms with Gasteiger partial charge in [0.05, 0.1) is 29.4 Å². The molecule has 37 heavy (non-hydrogen) atoms. The van der Waals surface area contributed by atoms with Gasteiger partial charge in [-0.15, -0.1) is 5.10 Å². The molecule has 3 atom stereocenters. The summed E-state index contributed by atoms with van der Waals surface area (Å²) in [4.78, 5) is 21.9. The van der Waals surface area contributed by atoms with Crippen LogP contribution in [0.25, 0.3) is 11.0 Å². The molecular weight excluding hydrogens is 475 g/mol. The molecule has 9 nitrogen and oxygen atoms in total. The Hall–Kier alpha value is -3.92. The van der Waals surface area contributed by atoms with Gasteiger partial charge in [-0.1, -0.05) is 47.6 Å². The fourth-order valence-corrected chi connectivity index (χ4v) is 4.19. The highest BCUT2D eigenvalue weighted by molar-refractivity contribution is 5.94. The van der Waals surface area contributed by atoms with Crippen molar-refractivity contribution in [2.75, 3.05) is 5.73 Å². The highest BCUT2D eigenvalue weighted by atomic mass is 19.1. The number of nitrogens with two attached hydrogens (primary N) is 1. The molecule has 4 aromatic rings. The number of aliphatic hydroxyl groups is 1. The summed E-state index contributed by atoms with van der Waals surface area (Å²) < 4.78 is 19.7. The molecule has 0 aliphatic carbocycles. The lowest BCUT2D eigenvalue weighted by Gasteiger charge is -2.27. The monoisotopic (exact) mass is 506 g/mol. The molecule has 10 heteroatoms. The quantitative estimate of drug-likeness (QED) is 0.277. The van der Waals surface area contributed by atoms with Crippen LogP contribution in [-0.4, -0.2) is 49.0 Å². The number of nitrogen functional groups attached to an aromatic ring is 1. The van der Waals surface area contributed by atoms with Gasteiger partial charge in [0.25, 0.3) is 5.91 Å². The van der Waals surface area contributed by atoms with Crippen LogP contribution in [-0.2, 0) is 6.42 Å². The molecule has 2 aromatic carbocycles. The first-order valence-electron chi connectivity index (χ1n) is 12.2. The fourth-order valence-electron chi connectivity index (χ4n) is 4.19. The number of rotatable bonds is 11. The second-order valence-corrected chi connectivity index (χ2v) is 9.75. The number of carbonyl (C=O) groups is 1. The molecule has 2 heterocycles. The lowest BCUT2D eigenvalue weighted by atomic mass is 9.88. The van der Waals surface area contributed by atoms with Gasteiger partial charge in [-0.3, -0.25) is 9.78 Å². The van der Waals surface area contributed by atoms with Crippen LogP contribution in [0.1, 0.15) is 61.0 Å². The van der Waals surface area contributed by atoms with Crippen molar-refractivity contribution in [1.82, 2.24) is 25.5 Å². The molecule has 0 aliphatic heterocycles. The van der Waals surface area contributed by atoms with Crippen LogP contribution in [0.15, 0.2) is 65.2 Å². The number of aliphatic hydroxyl groups excluding tert-OH is 1. The summed E-state index contributed by atoms with van der Waals surface area (Å²) in [5.74, 6) is -0.682. The van der Waals surface area contributed by atoms with Gasteiger partial charge in [0.15, 0.2) is 0 Å². The van der Waals surface area contributed by atoms with Crippen molar-refractivity contribution in [3.63, 3.8) is 0 Å². The lowest BCUT2D eigenvalue weighted by Crippen LogP contribution is -2.45. The van der Waals surface area contributed by atoms with Gasteiger partial charge in [0.2, 0.25) is 5.89 Å². The molecular formula is C27H31FN6O3. The van der Waals surface area contributed by atoms with Crippen molar-refractivity contribution < 1.29 is 18.7 Å². The number of alkyl halides is 1. The van der Waals surface area contributed by atoms with Crippen LogP contribution in [0.2, 0.25) is 0 Å². The van der Waals surface area contributed by atoms with Crippen molar-refractivity contribution in [1.29, 1.82) is 0 Å². The van der Waals surface area contributed by atoms with E-state index in [4.69, 9.17) is 10.2 Å². The number of benzene rings is 2. The van der Waals surface area contributed by atoms with E-state index in [0.29, 0.717) is 23.9 Å². The molecule has 0 radical (unpaired) electrons. The number of anilines is 1. The number of fused-ring (bicyclic) bond motifs is 1. The Balaban J connectivity index is 1.56. The molecule has 3 unspecified atom stereocenters. The number of carbonyl (C=O) groups excluding carboxylic acids is 1. The Morgan fingerprint density at radius 2 is 1.81 bits per heavy atom. The zero-order chi connectivity index (χ0) is 26.4. The number of hydrogen-bond donors (Lipinski definition) is 3. The van der Waals surface area contributed by atoms with Gasteiger partial charge in [-0.05, 0) is 57.2 Å². The van der Waals surface area contributed by atoms with Gasteiger partial charge < -0.3 is 20.6 Å². The molecule has 194 valence electrons. The van der Waals surface area contributed by atoms with E-state index in [1.165, 1.54) is 20.0 Å². The van der Waals surface area contributed by atoms with Gasteiger partial charge in [-0.2, -0.15) is 0 Å². The Morgan fingerprint density at radius 3 is 2.49 bits per heavy atom. The van der Waals surface area contributed by atoms with Crippen molar-refractivity contribution in [3.8, 4) is 0 Å². The van der Waals surface area contributed by atoms with Crippen LogP contribution < -0.4 is 11.1 Å². The molecule has 4 rings (SSSR count). The van der Waals surface area contributed by atoms with Crippen molar-refractivity contribution >= 4 is 23.0 Å². The SMILES string of the molecule is CC(C)(F)CCC(CC(O)C(Cc1ccccc1)NC(=O)c1cnc2ccccc2n1)c1nnc(N)o1. The summed E-state index contributed by atoms with van der Waals surface area (Å²) in [5, 5.41) is 21.9. The maximum atomic E-state index is 14.3. The van der Waals surface area contributed by atoms with Crippen LogP contribution in [0, 0.1) is 0 Å². The second-order valence-electron chi connectivity index (χ2n) is 9.75. The molecule has 0 fully saturated rings. The number of nitrogens with one attached hydrogen (secondary N) is 1. The highest BCUT2D eigenvalue weighted by Crippen LogP contribution is 2.31. The van der Waals surface area contributed by atoms with Crippen LogP contribution in [0.4, 0.5) is 10.4 Å². The first-order valence-corrected chi connectivity index (χ1v) is 12.2. The summed E-state index contributed by atoms with van der Waals surface area (Å²) in [6, 6.07) is 16.0. The molecule has 4 N–H and O–H groups in total. The van der Waals surface area contributed by atoms with E-state index in [-0.39, 0.29) is 30.4 Å². The minimum atomic E-state index is -1.42. The molecule has 0 saturated heterocycles. The van der Waals surface area contributed by atoms with Crippen LogP contribution >= 0.6 is 0 Å². The summed E-state index contributed by atoms with van der Waals surface area (Å²) in [7, 11) is 0. The zero-order valence-corrected chi connectivity index (χ0v) is 20.8. The predicted octanol–water partition coefficient (Wildman–Crippen LogP) is 4.00. The van der Waals surface area contributed by atoms with E-state index in [9.17, 15) is 14.3 Å². The number of halogens is 1. The molecule has 0 spiro atoms. The Labute approximate surface area is 214 Å². The third kappa shape index (κ3) is 7.29. The normalized spacial score (nSPS) is 14.3. The average Bonchev–Trinajstić information content (AvgIpc) is 3.31. The molecule has 0 saturated carbocycles. The third-order valence-electron chi connectivity index (χ3n) is 6.18. The van der Waals surface area contributed by atoms with Crippen LogP contribution in [0.5, 0.6) is 0 Å². The van der Waals surface area contributed by atoms with E-state index in [1.807, 2.05) is 48.5 Å². The largest absolute Gasteiger partial charge is 0.408 e. The minimum Gasteiger partial charge on any atom is -0.408 e. The third-order valence-corrected chi connectivity index (χ3v) is 6.18. The van der Waals surface area contributed by atoms with Crippen molar-refractivity contribution in [3.05, 3.63) is 77.9 Å². The Bertz CT molecular complexity index is 1320. The average molecular weight is 507 g/mol. The number of hydrogen-bond acceptors (Lipinski definition) is 8. The Kier molecular flexibility index (Phi) is 8.08. The maximum absolute atomic E-state index is 14.3. The smallest absolute Gasteiger partial charge is 0.312 e. The molecule has 2 aromatic heterocycles. The van der Waals surface area contributed by atoms with E-state index in [1.54, 1.807) is 6.07 Å². The Morgan fingerprint density at radius 1 is 1.11 bits per heavy atom. The van der Waals surface area contributed by atoms with E-state index >= 15 is 0 Å². The summed E-state index contributed by atoms with van der Waals surface area (Å²) in [5.41, 5.74) is 6.55. The molecule has 0 aliphatic rings. The van der Waals surface area contributed by atoms with E-state index < -0.39 is 29.6 Å². The van der Waals surface area contributed by atoms with Crippen molar-refractivity contribution in [2.45, 2.75) is 63.3 Å². The zero-order valence-electron chi connectivity index (χ0n) is 20.8. The maximum Gasteiger partial charge on any atom is 0.312 e. The van der Waals surface area contributed by atoms with E-state index in [2.05, 4.69) is 25.5 Å². The fraction of sp³-hybridized carbons (Fsp3) is 0.370. The van der Waals surface area contributed by atoms with E-state index in [0.717, 1.165) is 5.56 Å². The van der Waals surface area contributed by atoms with Gasteiger partial charge >= 0.3 is 6.01 Å². The number of aromatic nitrogens is 4. The second kappa shape index (κ2) is 11.4. The van der Waals surface area contributed by atoms with Gasteiger partial charge in [0, 0.05) is 5.92 Å².